The Hall–Kier alpha value is -4.99. The normalized spacial score (nSPS) is 12.0. The van der Waals surface area contributed by atoms with Crippen molar-refractivity contribution >= 4 is 17.0 Å². The van der Waals surface area contributed by atoms with Gasteiger partial charge in [-0.25, -0.2) is 32.5 Å². The van der Waals surface area contributed by atoms with Crippen molar-refractivity contribution in [2.24, 2.45) is 0 Å². The van der Waals surface area contributed by atoms with Crippen LogP contribution in [-0.2, 0) is 0 Å². The number of halogens is 4. The summed E-state index contributed by atoms with van der Waals surface area (Å²) in [7, 11) is 0. The zero-order chi connectivity index (χ0) is 23.4. The molecule has 0 saturated heterocycles. The van der Waals surface area contributed by atoms with Gasteiger partial charge in [-0.05, 0) is 16.8 Å². The summed E-state index contributed by atoms with van der Waals surface area (Å²) in [5.41, 5.74) is -3.29. The second kappa shape index (κ2) is 8.79. The van der Waals surface area contributed by atoms with Crippen molar-refractivity contribution in [3.8, 4) is 23.3 Å². The van der Waals surface area contributed by atoms with Crippen LogP contribution in [0.25, 0.3) is 32.1 Å². The van der Waals surface area contributed by atoms with Crippen LogP contribution in [0.4, 0.5) is 23.2 Å². The van der Waals surface area contributed by atoms with Crippen molar-refractivity contribution in [1.82, 2.24) is 4.98 Å². The average Bonchev–Trinajstić information content (AvgIpc) is 2.82. The molecule has 3 rings (SSSR count). The summed E-state index contributed by atoms with van der Waals surface area (Å²) >= 11 is 0. The van der Waals surface area contributed by atoms with Gasteiger partial charge in [-0.15, -0.1) is 0 Å². The molecule has 0 fully saturated rings. The Balaban J connectivity index is 2.60. The molecule has 0 atom stereocenters. The van der Waals surface area contributed by atoms with E-state index in [1.807, 2.05) is 0 Å². The van der Waals surface area contributed by atoms with Gasteiger partial charge in [-0.1, -0.05) is 24.3 Å². The van der Waals surface area contributed by atoms with E-state index in [9.17, 15) is 22.8 Å². The molecule has 0 radical (unpaired) electrons. The molecule has 9 heteroatoms. The standard InChI is InChI=1S/C23H7F4N5/c1-30-17(10-29)12-5-6-14(15(8-12)13-4-3-7-32-11-13)16(9-28)18-19(24)21(26)23(31-2)22(27)20(18)25/h3-8,11H/b16-14+,17-12+. The van der Waals surface area contributed by atoms with E-state index >= 15 is 0 Å². The molecule has 5 nitrogen and oxygen atoms in total. The maximum Gasteiger partial charge on any atom is 0.268 e. The third-order valence-electron chi connectivity index (χ3n) is 4.47. The smallest absolute Gasteiger partial charge is 0.264 e. The van der Waals surface area contributed by atoms with Crippen molar-refractivity contribution in [2.75, 3.05) is 0 Å². The zero-order valence-corrected chi connectivity index (χ0v) is 15.8. The van der Waals surface area contributed by atoms with Crippen LogP contribution >= 0.6 is 0 Å². The molecule has 3 aromatic rings. The summed E-state index contributed by atoms with van der Waals surface area (Å²) in [5.74, 6) is -7.63. The molecule has 0 aliphatic carbocycles. The molecule has 1 aromatic heterocycles. The van der Waals surface area contributed by atoms with Crippen molar-refractivity contribution < 1.29 is 17.6 Å². The van der Waals surface area contributed by atoms with E-state index in [0.717, 1.165) is 0 Å². The predicted molar refractivity (Wildman–Crippen MR) is 105 cm³/mol. The van der Waals surface area contributed by atoms with E-state index in [1.165, 1.54) is 36.7 Å². The van der Waals surface area contributed by atoms with E-state index in [0.29, 0.717) is 5.56 Å². The minimum atomic E-state index is -1.92. The molecular formula is C23H7F4N5. The van der Waals surface area contributed by atoms with Crippen LogP contribution in [0.5, 0.6) is 0 Å². The fraction of sp³-hybridized carbons (Fsp3) is 0. The van der Waals surface area contributed by atoms with Gasteiger partial charge in [-0.3, -0.25) is 4.98 Å². The van der Waals surface area contributed by atoms with Gasteiger partial charge in [0.15, 0.2) is 23.3 Å². The Morgan fingerprint density at radius 3 is 2.12 bits per heavy atom. The Labute approximate surface area is 178 Å². The summed E-state index contributed by atoms with van der Waals surface area (Å²) in [6.07, 6.45) is 2.80. The number of pyridine rings is 1. The molecule has 0 aliphatic heterocycles. The third-order valence-corrected chi connectivity index (χ3v) is 4.47. The van der Waals surface area contributed by atoms with Crippen LogP contribution in [0.3, 0.4) is 0 Å². The zero-order valence-electron chi connectivity index (χ0n) is 15.8. The Morgan fingerprint density at radius 1 is 0.938 bits per heavy atom. The Kier molecular flexibility index (Phi) is 5.97. The molecule has 1 heterocycles. The monoisotopic (exact) mass is 429 g/mol. The Bertz CT molecular complexity index is 1510. The van der Waals surface area contributed by atoms with Gasteiger partial charge in [0.25, 0.3) is 11.4 Å². The molecule has 0 aliphatic rings. The van der Waals surface area contributed by atoms with Gasteiger partial charge in [0.2, 0.25) is 0 Å². The molecular weight excluding hydrogens is 422 g/mol. The highest BCUT2D eigenvalue weighted by Crippen LogP contribution is 2.33. The topological polar surface area (TPSA) is 69.2 Å². The molecule has 32 heavy (non-hydrogen) atoms. The minimum Gasteiger partial charge on any atom is -0.264 e. The van der Waals surface area contributed by atoms with Gasteiger partial charge in [-0.2, -0.15) is 5.26 Å². The van der Waals surface area contributed by atoms with Crippen LogP contribution in [0.1, 0.15) is 5.56 Å². The molecule has 0 N–H and O–H groups in total. The predicted octanol–water partition coefficient (Wildman–Crippen LogP) is 4.13. The third kappa shape index (κ3) is 3.52. The molecule has 0 amide bonds. The highest BCUT2D eigenvalue weighted by atomic mass is 19.2. The lowest BCUT2D eigenvalue weighted by atomic mass is 9.95. The number of rotatable bonds is 2. The summed E-state index contributed by atoms with van der Waals surface area (Å²) in [6.45, 7) is 13.8. The quantitative estimate of drug-likeness (QED) is 0.350. The summed E-state index contributed by atoms with van der Waals surface area (Å²) in [5, 5.41) is 18.9. The molecule has 152 valence electrons. The van der Waals surface area contributed by atoms with Crippen LogP contribution in [0.2, 0.25) is 0 Å². The van der Waals surface area contributed by atoms with Gasteiger partial charge >= 0.3 is 0 Å². The van der Waals surface area contributed by atoms with Gasteiger partial charge in [0.05, 0.1) is 30.4 Å². The van der Waals surface area contributed by atoms with Crippen LogP contribution < -0.4 is 10.4 Å². The second-order valence-electron chi connectivity index (χ2n) is 6.15. The molecule has 0 spiro atoms. The maximum atomic E-state index is 14.7. The second-order valence-corrected chi connectivity index (χ2v) is 6.15. The number of hydrogen-bond acceptors (Lipinski definition) is 3. The van der Waals surface area contributed by atoms with E-state index < -0.39 is 40.1 Å². The lowest BCUT2D eigenvalue weighted by molar-refractivity contribution is 0.457. The van der Waals surface area contributed by atoms with Gasteiger partial charge in [0.1, 0.15) is 6.07 Å². The van der Waals surface area contributed by atoms with Crippen molar-refractivity contribution in [2.45, 2.75) is 0 Å². The fourth-order valence-corrected chi connectivity index (χ4v) is 3.01. The first-order chi connectivity index (χ1) is 15.4. The van der Waals surface area contributed by atoms with Crippen LogP contribution in [0, 0.1) is 59.1 Å². The van der Waals surface area contributed by atoms with E-state index in [1.54, 1.807) is 18.2 Å². The highest BCUT2D eigenvalue weighted by molar-refractivity contribution is 5.83. The van der Waals surface area contributed by atoms with Crippen molar-refractivity contribution in [3.63, 3.8) is 0 Å². The lowest BCUT2D eigenvalue weighted by Gasteiger charge is -2.10. The highest BCUT2D eigenvalue weighted by Gasteiger charge is 2.28. The van der Waals surface area contributed by atoms with Crippen molar-refractivity contribution in [3.05, 3.63) is 105 Å². The van der Waals surface area contributed by atoms with Crippen LogP contribution in [-0.4, -0.2) is 4.98 Å². The molecule has 0 bridgehead atoms. The van der Waals surface area contributed by atoms with Gasteiger partial charge in [0, 0.05) is 23.2 Å². The Morgan fingerprint density at radius 2 is 1.62 bits per heavy atom. The first kappa shape index (κ1) is 21.7. The fourth-order valence-electron chi connectivity index (χ4n) is 3.01. The summed E-state index contributed by atoms with van der Waals surface area (Å²) in [6, 6.07) is 10.2. The maximum absolute atomic E-state index is 14.7. The molecule has 0 saturated carbocycles. The first-order valence-corrected chi connectivity index (χ1v) is 8.60. The molecule has 2 aromatic carbocycles. The number of nitrogens with zero attached hydrogens (tertiary/aromatic N) is 5. The summed E-state index contributed by atoms with van der Waals surface area (Å²) < 4.78 is 57.7. The average molecular weight is 429 g/mol. The first-order valence-electron chi connectivity index (χ1n) is 8.60. The van der Waals surface area contributed by atoms with E-state index in [4.69, 9.17) is 18.4 Å². The van der Waals surface area contributed by atoms with E-state index in [2.05, 4.69) is 14.7 Å². The van der Waals surface area contributed by atoms with Crippen molar-refractivity contribution in [1.29, 1.82) is 10.5 Å². The number of nitriles is 2. The summed E-state index contributed by atoms with van der Waals surface area (Å²) in [4.78, 5) is 9.50. The van der Waals surface area contributed by atoms with Gasteiger partial charge < -0.3 is 0 Å². The van der Waals surface area contributed by atoms with E-state index in [-0.39, 0.29) is 21.7 Å². The number of aromatic nitrogens is 1. The largest absolute Gasteiger partial charge is 0.268 e. The van der Waals surface area contributed by atoms with Crippen LogP contribution in [0.15, 0.2) is 42.7 Å². The minimum absolute atomic E-state index is 0.126. The number of benzene rings is 2. The number of hydrogen-bond donors (Lipinski definition) is 0. The lowest BCUT2D eigenvalue weighted by Crippen LogP contribution is -2.18. The SMILES string of the molecule is [C-]#[N+]/C(C#N)=c1\cc/c(=C(/C#N)c2c(F)c(F)c([N+]#[C-])c(F)c2F)c(-c2cccnc2)c1. The molecule has 0 unspecified atom stereocenters.